The van der Waals surface area contributed by atoms with Crippen LogP contribution in [-0.4, -0.2) is 17.0 Å². The third kappa shape index (κ3) is 2.70. The second-order valence-corrected chi connectivity index (χ2v) is 6.48. The van der Waals surface area contributed by atoms with Gasteiger partial charge in [0.2, 0.25) is 5.69 Å². The lowest BCUT2D eigenvalue weighted by molar-refractivity contribution is -0.672. The predicted octanol–water partition coefficient (Wildman–Crippen LogP) is 2.23. The summed E-state index contributed by atoms with van der Waals surface area (Å²) in [5.41, 5.74) is 0.934. The molecule has 0 bridgehead atoms. The Labute approximate surface area is 155 Å². The number of amides is 1. The largest absolute Gasteiger partial charge is 0.439 e. The van der Waals surface area contributed by atoms with E-state index in [9.17, 15) is 14.4 Å². The van der Waals surface area contributed by atoms with Crippen molar-refractivity contribution in [2.24, 2.45) is 0 Å². The number of allylic oxidation sites excluding steroid dienone is 1. The number of anilines is 1. The predicted molar refractivity (Wildman–Crippen MR) is 95.9 cm³/mol. The van der Waals surface area contributed by atoms with Crippen LogP contribution >= 0.6 is 15.9 Å². The Morgan fingerprint density at radius 1 is 1.08 bits per heavy atom. The van der Waals surface area contributed by atoms with Gasteiger partial charge in [0.25, 0.3) is 11.7 Å². The molecular formula is C18H11BrN3O4+. The summed E-state index contributed by atoms with van der Waals surface area (Å²) >= 11 is 3.33. The van der Waals surface area contributed by atoms with E-state index in [0.29, 0.717) is 16.9 Å². The number of nitrogens with zero attached hydrogens (tertiary/aromatic N) is 1. The Morgan fingerprint density at radius 3 is 2.58 bits per heavy atom. The minimum atomic E-state index is -0.818. The summed E-state index contributed by atoms with van der Waals surface area (Å²) in [6.45, 7) is 0. The van der Waals surface area contributed by atoms with Crippen molar-refractivity contribution in [3.63, 3.8) is 0 Å². The van der Waals surface area contributed by atoms with Crippen molar-refractivity contribution in [3.05, 3.63) is 80.8 Å². The number of aromatic nitrogens is 2. The standard InChI is InChI=1S/C18H10BrN3O4/c19-10-5-7-11(8-6-10)22-16(18(25)26-21-22)15(23)9-13-12-3-1-2-4-14(12)20-17(13)24/h1-9H,(H-,20,21,23,24,25)/p+1. The fourth-order valence-electron chi connectivity index (χ4n) is 2.74. The van der Waals surface area contributed by atoms with Crippen molar-refractivity contribution in [1.29, 1.82) is 0 Å². The Bertz CT molecular complexity index is 1130. The zero-order valence-corrected chi connectivity index (χ0v) is 14.7. The van der Waals surface area contributed by atoms with Gasteiger partial charge in [-0.2, -0.15) is 0 Å². The van der Waals surface area contributed by atoms with Gasteiger partial charge in [-0.1, -0.05) is 34.1 Å². The average Bonchev–Trinajstić information content (AvgIpc) is 3.16. The van der Waals surface area contributed by atoms with Crippen LogP contribution in [0.5, 0.6) is 0 Å². The number of H-pyrrole nitrogens is 1. The van der Waals surface area contributed by atoms with Gasteiger partial charge in [0.1, 0.15) is 0 Å². The van der Waals surface area contributed by atoms with E-state index >= 15 is 0 Å². The number of aromatic amines is 1. The maximum absolute atomic E-state index is 12.7. The van der Waals surface area contributed by atoms with E-state index in [4.69, 9.17) is 4.52 Å². The number of carbonyl (C=O) groups excluding carboxylic acids is 2. The molecular weight excluding hydrogens is 402 g/mol. The van der Waals surface area contributed by atoms with Gasteiger partial charge in [-0.15, -0.1) is 0 Å². The van der Waals surface area contributed by atoms with Crippen molar-refractivity contribution in [2.45, 2.75) is 0 Å². The topological polar surface area (TPSA) is 96.0 Å². The molecule has 0 fully saturated rings. The Morgan fingerprint density at radius 2 is 1.81 bits per heavy atom. The summed E-state index contributed by atoms with van der Waals surface area (Å²) in [5.74, 6) is -1.03. The molecule has 128 valence electrons. The molecule has 2 aromatic carbocycles. The number of carbonyl (C=O) groups is 2. The van der Waals surface area contributed by atoms with Crippen molar-refractivity contribution < 1.29 is 18.8 Å². The molecule has 0 unspecified atom stereocenters. The summed E-state index contributed by atoms with van der Waals surface area (Å²) < 4.78 is 6.87. The van der Waals surface area contributed by atoms with Gasteiger partial charge in [0.05, 0.1) is 5.57 Å². The van der Waals surface area contributed by atoms with Gasteiger partial charge < -0.3 is 5.32 Å². The van der Waals surface area contributed by atoms with Gasteiger partial charge >= 0.3 is 11.3 Å². The Balaban J connectivity index is 1.79. The van der Waals surface area contributed by atoms with Crippen LogP contribution in [-0.2, 0) is 4.79 Å². The number of nitrogens with one attached hydrogen (secondary N) is 2. The van der Waals surface area contributed by atoms with Gasteiger partial charge in [-0.25, -0.2) is 4.79 Å². The van der Waals surface area contributed by atoms with Crippen LogP contribution < -0.4 is 15.6 Å². The molecule has 1 aromatic heterocycles. The molecule has 0 spiro atoms. The van der Waals surface area contributed by atoms with E-state index in [1.165, 1.54) is 4.68 Å². The highest BCUT2D eigenvalue weighted by atomic mass is 79.9. The quantitative estimate of drug-likeness (QED) is 0.391. The Hall–Kier alpha value is -3.26. The first-order valence-corrected chi connectivity index (χ1v) is 8.40. The van der Waals surface area contributed by atoms with E-state index in [-0.39, 0.29) is 11.3 Å². The first kappa shape index (κ1) is 16.2. The SMILES string of the molecule is O=C1Nc2ccccc2/C1=C\C(=O)c1c(=O)o[nH][n+]1-c1ccc(Br)cc1. The summed E-state index contributed by atoms with van der Waals surface area (Å²) in [6, 6.07) is 14.0. The van der Waals surface area contributed by atoms with E-state index in [2.05, 4.69) is 26.5 Å². The second-order valence-electron chi connectivity index (χ2n) is 5.56. The third-order valence-electron chi connectivity index (χ3n) is 3.95. The van der Waals surface area contributed by atoms with Crippen LogP contribution in [0.2, 0.25) is 0 Å². The molecule has 1 aliphatic heterocycles. The number of para-hydroxylation sites is 1. The smallest absolute Gasteiger partial charge is 0.321 e. The van der Waals surface area contributed by atoms with E-state index < -0.39 is 17.3 Å². The lowest BCUT2D eigenvalue weighted by Crippen LogP contribution is -2.40. The molecule has 3 aromatic rings. The van der Waals surface area contributed by atoms with Crippen LogP contribution in [0.4, 0.5) is 5.69 Å². The molecule has 0 radical (unpaired) electrons. The molecule has 0 saturated carbocycles. The van der Waals surface area contributed by atoms with E-state index in [0.717, 1.165) is 10.5 Å². The summed E-state index contributed by atoms with van der Waals surface area (Å²) in [7, 11) is 0. The maximum Gasteiger partial charge on any atom is 0.439 e. The van der Waals surface area contributed by atoms with Crippen LogP contribution in [0.1, 0.15) is 16.1 Å². The monoisotopic (exact) mass is 412 g/mol. The van der Waals surface area contributed by atoms with Crippen molar-refractivity contribution >= 4 is 38.9 Å². The van der Waals surface area contributed by atoms with Crippen LogP contribution in [0, 0.1) is 0 Å². The first-order valence-electron chi connectivity index (χ1n) is 7.61. The normalized spacial score (nSPS) is 14.3. The number of rotatable bonds is 3. The third-order valence-corrected chi connectivity index (χ3v) is 4.48. The molecule has 0 saturated heterocycles. The number of benzene rings is 2. The highest BCUT2D eigenvalue weighted by Crippen LogP contribution is 2.31. The van der Waals surface area contributed by atoms with E-state index in [1.807, 2.05) is 0 Å². The Kier molecular flexibility index (Phi) is 3.89. The maximum atomic E-state index is 12.7. The van der Waals surface area contributed by atoms with Crippen molar-refractivity contribution in [2.75, 3.05) is 5.32 Å². The lowest BCUT2D eigenvalue weighted by Gasteiger charge is -1.96. The lowest BCUT2D eigenvalue weighted by atomic mass is 10.1. The fourth-order valence-corrected chi connectivity index (χ4v) is 3.00. The van der Waals surface area contributed by atoms with Gasteiger partial charge in [-0.3, -0.25) is 14.1 Å². The van der Waals surface area contributed by atoms with Crippen LogP contribution in [0.3, 0.4) is 0 Å². The number of ketones is 1. The second kappa shape index (κ2) is 6.23. The molecule has 26 heavy (non-hydrogen) atoms. The first-order chi connectivity index (χ1) is 12.5. The number of fused-ring (bicyclic) bond motifs is 1. The highest BCUT2D eigenvalue weighted by molar-refractivity contribution is 9.10. The fraction of sp³-hybridized carbons (Fsp3) is 0. The minimum absolute atomic E-state index is 0.202. The summed E-state index contributed by atoms with van der Waals surface area (Å²) in [4.78, 5) is 36.9. The molecule has 8 heteroatoms. The van der Waals surface area contributed by atoms with Crippen LogP contribution in [0.25, 0.3) is 11.3 Å². The zero-order chi connectivity index (χ0) is 18.3. The van der Waals surface area contributed by atoms with Gasteiger partial charge in [-0.05, 0) is 28.2 Å². The molecule has 2 heterocycles. The van der Waals surface area contributed by atoms with Crippen LogP contribution in [0.15, 0.2) is 68.4 Å². The van der Waals surface area contributed by atoms with Gasteiger partial charge in [0.15, 0.2) is 0 Å². The molecule has 1 amide bonds. The van der Waals surface area contributed by atoms with Crippen molar-refractivity contribution in [1.82, 2.24) is 5.27 Å². The molecule has 1 aliphatic rings. The zero-order valence-electron chi connectivity index (χ0n) is 13.2. The van der Waals surface area contributed by atoms with E-state index in [1.54, 1.807) is 48.5 Å². The molecule has 7 nitrogen and oxygen atoms in total. The number of halogens is 1. The number of hydrogen-bond acceptors (Lipinski definition) is 4. The molecule has 2 N–H and O–H groups in total. The summed E-state index contributed by atoms with van der Waals surface area (Å²) in [6.07, 6.45) is 1.15. The van der Waals surface area contributed by atoms with Crippen molar-refractivity contribution in [3.8, 4) is 5.69 Å². The number of hydrogen-bond donors (Lipinski definition) is 2. The molecule has 0 aliphatic carbocycles. The molecule has 4 rings (SSSR count). The highest BCUT2D eigenvalue weighted by Gasteiger charge is 2.32. The van der Waals surface area contributed by atoms with Gasteiger partial charge in [0, 0.05) is 33.9 Å². The molecule has 0 atom stereocenters. The minimum Gasteiger partial charge on any atom is -0.321 e. The summed E-state index contributed by atoms with van der Waals surface area (Å²) in [5, 5.41) is 5.09. The average molecular weight is 413 g/mol.